The van der Waals surface area contributed by atoms with E-state index in [9.17, 15) is 0 Å². The van der Waals surface area contributed by atoms with Gasteiger partial charge in [-0.3, -0.25) is 4.90 Å². The lowest BCUT2D eigenvalue weighted by molar-refractivity contribution is 0.327. The van der Waals surface area contributed by atoms with Crippen LogP contribution in [0.25, 0.3) is 21.2 Å². The molecule has 4 nitrogen and oxygen atoms in total. The number of azide groups is 1. The molecule has 1 aliphatic heterocycles. The van der Waals surface area contributed by atoms with E-state index in [4.69, 9.17) is 5.53 Å². The summed E-state index contributed by atoms with van der Waals surface area (Å²) in [6.45, 7) is 2.82. The minimum Gasteiger partial charge on any atom is -0.299 e. The zero-order chi connectivity index (χ0) is 13.1. The SMILES string of the molecule is [N-]=[N+]=N[C@H]1CCN(Cc2ccc3ccccc3c2)C1. The highest BCUT2D eigenvalue weighted by molar-refractivity contribution is 5.82. The molecule has 0 bridgehead atoms. The molecule has 0 spiro atoms. The minimum atomic E-state index is 0.144. The lowest BCUT2D eigenvalue weighted by atomic mass is 10.1. The van der Waals surface area contributed by atoms with Crippen LogP contribution in [0.1, 0.15) is 12.0 Å². The minimum absolute atomic E-state index is 0.144. The highest BCUT2D eigenvalue weighted by Crippen LogP contribution is 2.19. The lowest BCUT2D eigenvalue weighted by Gasteiger charge is -2.15. The average molecular weight is 252 g/mol. The summed E-state index contributed by atoms with van der Waals surface area (Å²) < 4.78 is 0. The third-order valence-corrected chi connectivity index (χ3v) is 3.68. The van der Waals surface area contributed by atoms with Gasteiger partial charge >= 0.3 is 0 Å². The van der Waals surface area contributed by atoms with E-state index in [2.05, 4.69) is 57.4 Å². The van der Waals surface area contributed by atoms with Crippen molar-refractivity contribution in [2.45, 2.75) is 19.0 Å². The molecule has 0 amide bonds. The molecule has 0 saturated carbocycles. The Morgan fingerprint density at radius 1 is 1.21 bits per heavy atom. The van der Waals surface area contributed by atoms with Gasteiger partial charge in [-0.15, -0.1) is 0 Å². The third kappa shape index (κ3) is 2.70. The number of likely N-dealkylation sites (tertiary alicyclic amines) is 1. The number of hydrogen-bond acceptors (Lipinski definition) is 2. The first kappa shape index (κ1) is 12.0. The van der Waals surface area contributed by atoms with Crippen molar-refractivity contribution < 1.29 is 0 Å². The molecule has 1 fully saturated rings. The summed E-state index contributed by atoms with van der Waals surface area (Å²) >= 11 is 0. The number of hydrogen-bond donors (Lipinski definition) is 0. The van der Waals surface area contributed by atoms with Gasteiger partial charge in [0.1, 0.15) is 0 Å². The van der Waals surface area contributed by atoms with Crippen LogP contribution in [0.3, 0.4) is 0 Å². The number of fused-ring (bicyclic) bond motifs is 1. The van der Waals surface area contributed by atoms with E-state index in [1.54, 1.807) is 0 Å². The van der Waals surface area contributed by atoms with E-state index in [0.29, 0.717) is 0 Å². The fraction of sp³-hybridized carbons (Fsp3) is 0.333. The molecule has 19 heavy (non-hydrogen) atoms. The Labute approximate surface area is 112 Å². The number of nitrogens with zero attached hydrogens (tertiary/aromatic N) is 4. The van der Waals surface area contributed by atoms with Crippen LogP contribution in [-0.2, 0) is 6.54 Å². The molecule has 0 aliphatic carbocycles. The van der Waals surface area contributed by atoms with E-state index in [1.807, 2.05) is 0 Å². The van der Waals surface area contributed by atoms with Crippen molar-refractivity contribution in [1.82, 2.24) is 4.90 Å². The molecule has 0 aromatic heterocycles. The highest BCUT2D eigenvalue weighted by atomic mass is 15.2. The fourth-order valence-corrected chi connectivity index (χ4v) is 2.72. The Morgan fingerprint density at radius 2 is 2.05 bits per heavy atom. The molecule has 96 valence electrons. The van der Waals surface area contributed by atoms with Crippen molar-refractivity contribution in [3.8, 4) is 0 Å². The Hall–Kier alpha value is -2.03. The summed E-state index contributed by atoms with van der Waals surface area (Å²) in [5.41, 5.74) is 9.78. The van der Waals surface area contributed by atoms with Gasteiger partial charge in [0, 0.05) is 18.0 Å². The summed E-state index contributed by atoms with van der Waals surface area (Å²) in [5.74, 6) is 0. The van der Waals surface area contributed by atoms with Crippen molar-refractivity contribution in [2.24, 2.45) is 5.11 Å². The van der Waals surface area contributed by atoms with Crippen LogP contribution in [0.15, 0.2) is 47.6 Å². The molecule has 1 atom stereocenters. The van der Waals surface area contributed by atoms with Crippen LogP contribution >= 0.6 is 0 Å². The van der Waals surface area contributed by atoms with E-state index < -0.39 is 0 Å². The molecule has 0 unspecified atom stereocenters. The summed E-state index contributed by atoms with van der Waals surface area (Å²) in [6.07, 6.45) is 0.970. The maximum Gasteiger partial charge on any atom is 0.0513 e. The maximum atomic E-state index is 8.46. The van der Waals surface area contributed by atoms with Gasteiger partial charge in [-0.05, 0) is 40.9 Å². The summed E-state index contributed by atoms with van der Waals surface area (Å²) in [4.78, 5) is 5.25. The quantitative estimate of drug-likeness (QED) is 0.466. The average Bonchev–Trinajstić information content (AvgIpc) is 2.86. The molecule has 1 aliphatic rings. The number of rotatable bonds is 3. The molecule has 4 heteroatoms. The van der Waals surface area contributed by atoms with Crippen molar-refractivity contribution >= 4 is 10.8 Å². The zero-order valence-corrected chi connectivity index (χ0v) is 10.7. The normalized spacial score (nSPS) is 19.5. The van der Waals surface area contributed by atoms with Crippen molar-refractivity contribution in [3.05, 3.63) is 58.5 Å². The van der Waals surface area contributed by atoms with Crippen LogP contribution in [0.4, 0.5) is 0 Å². The van der Waals surface area contributed by atoms with Gasteiger partial charge in [-0.2, -0.15) is 0 Å². The Morgan fingerprint density at radius 3 is 2.89 bits per heavy atom. The van der Waals surface area contributed by atoms with Gasteiger partial charge in [-0.1, -0.05) is 41.5 Å². The largest absolute Gasteiger partial charge is 0.299 e. The predicted molar refractivity (Wildman–Crippen MR) is 76.8 cm³/mol. The van der Waals surface area contributed by atoms with Gasteiger partial charge in [0.05, 0.1) is 6.04 Å². The molecule has 0 radical (unpaired) electrons. The summed E-state index contributed by atoms with van der Waals surface area (Å²) in [7, 11) is 0. The van der Waals surface area contributed by atoms with Gasteiger partial charge < -0.3 is 0 Å². The molecule has 3 rings (SSSR count). The van der Waals surface area contributed by atoms with Crippen molar-refractivity contribution in [2.75, 3.05) is 13.1 Å². The smallest absolute Gasteiger partial charge is 0.0513 e. The molecular formula is C15H16N4. The van der Waals surface area contributed by atoms with Gasteiger partial charge in [-0.25, -0.2) is 0 Å². The Kier molecular flexibility index (Phi) is 3.36. The second kappa shape index (κ2) is 5.31. The first-order chi connectivity index (χ1) is 9.35. The summed E-state index contributed by atoms with van der Waals surface area (Å²) in [5, 5.41) is 6.36. The highest BCUT2D eigenvalue weighted by Gasteiger charge is 2.21. The molecule has 2 aromatic carbocycles. The first-order valence-electron chi connectivity index (χ1n) is 6.59. The van der Waals surface area contributed by atoms with Crippen LogP contribution in [0.5, 0.6) is 0 Å². The van der Waals surface area contributed by atoms with E-state index >= 15 is 0 Å². The standard InChI is InChI=1S/C15H16N4/c16-18-17-15-7-8-19(11-15)10-12-5-6-13-3-1-2-4-14(13)9-12/h1-6,9,15H,7-8,10-11H2/t15-/m0/s1. The van der Waals surface area contributed by atoms with Gasteiger partial charge in [0.25, 0.3) is 0 Å². The fourth-order valence-electron chi connectivity index (χ4n) is 2.72. The van der Waals surface area contributed by atoms with Crippen LogP contribution in [0, 0.1) is 0 Å². The zero-order valence-electron chi connectivity index (χ0n) is 10.7. The Balaban J connectivity index is 1.73. The molecular weight excluding hydrogens is 236 g/mol. The van der Waals surface area contributed by atoms with Gasteiger partial charge in [0.15, 0.2) is 0 Å². The van der Waals surface area contributed by atoms with Crippen molar-refractivity contribution in [3.63, 3.8) is 0 Å². The molecule has 2 aromatic rings. The predicted octanol–water partition coefficient (Wildman–Crippen LogP) is 3.72. The van der Waals surface area contributed by atoms with Crippen LogP contribution in [0.2, 0.25) is 0 Å². The van der Waals surface area contributed by atoms with Crippen LogP contribution in [-0.4, -0.2) is 24.0 Å². The topological polar surface area (TPSA) is 52.0 Å². The second-order valence-electron chi connectivity index (χ2n) is 5.06. The monoisotopic (exact) mass is 252 g/mol. The Bertz CT molecular complexity index is 631. The molecule has 0 N–H and O–H groups in total. The first-order valence-corrected chi connectivity index (χ1v) is 6.59. The van der Waals surface area contributed by atoms with Crippen LogP contribution < -0.4 is 0 Å². The van der Waals surface area contributed by atoms with Gasteiger partial charge in [0.2, 0.25) is 0 Å². The molecule has 1 heterocycles. The second-order valence-corrected chi connectivity index (χ2v) is 5.06. The van der Waals surface area contributed by atoms with E-state index in [-0.39, 0.29) is 6.04 Å². The third-order valence-electron chi connectivity index (χ3n) is 3.68. The van der Waals surface area contributed by atoms with E-state index in [1.165, 1.54) is 16.3 Å². The summed E-state index contributed by atoms with van der Waals surface area (Å²) in [6, 6.07) is 15.2. The van der Waals surface area contributed by atoms with E-state index in [0.717, 1.165) is 26.1 Å². The van der Waals surface area contributed by atoms with Crippen molar-refractivity contribution in [1.29, 1.82) is 0 Å². The number of benzene rings is 2. The lowest BCUT2D eigenvalue weighted by Crippen LogP contribution is -2.20. The maximum absolute atomic E-state index is 8.46. The molecule has 1 saturated heterocycles.